The Morgan fingerprint density at radius 3 is 2.13 bits per heavy atom. The Morgan fingerprint density at radius 2 is 1.56 bits per heavy atom. The zero-order valence-electron chi connectivity index (χ0n) is 20.3. The summed E-state index contributed by atoms with van der Waals surface area (Å²) in [5, 5.41) is 13.8. The molecule has 1 aliphatic heterocycles. The molecule has 1 N–H and O–H groups in total. The molecule has 1 aliphatic carbocycles. The zero-order valence-corrected chi connectivity index (χ0v) is 21.9. The highest BCUT2D eigenvalue weighted by Gasteiger charge is 2.82. The smallest absolute Gasteiger partial charge is 0.460 e. The summed E-state index contributed by atoms with van der Waals surface area (Å²) < 4.78 is 103. The van der Waals surface area contributed by atoms with Gasteiger partial charge in [-0.05, 0) is 54.2 Å². The molecule has 4 rings (SSSR count). The molecule has 1 saturated carbocycles. The van der Waals surface area contributed by atoms with Crippen molar-refractivity contribution in [3.8, 4) is 5.75 Å². The van der Waals surface area contributed by atoms with Gasteiger partial charge in [0.1, 0.15) is 5.75 Å². The second kappa shape index (κ2) is 10.7. The number of nitrogens with zero attached hydrogens (tertiary/aromatic N) is 2. The van der Waals surface area contributed by atoms with E-state index in [1.54, 1.807) is 12.1 Å². The molecular weight excluding hydrogens is 601 g/mol. The second-order valence-electron chi connectivity index (χ2n) is 9.59. The number of halogens is 8. The molecule has 2 aromatic rings. The first kappa shape index (κ1) is 29.3. The van der Waals surface area contributed by atoms with Gasteiger partial charge in [-0.1, -0.05) is 59.5 Å². The predicted molar refractivity (Wildman–Crippen MR) is 131 cm³/mol. The van der Waals surface area contributed by atoms with Gasteiger partial charge in [0.05, 0.1) is 5.71 Å². The Morgan fingerprint density at radius 1 is 0.974 bits per heavy atom. The standard InChI is InChI=1S/C26H24BrF7N2O3/c27-19-10-6-18(7-11-19)21-14-23(38,24(28,29)25(30,31)26(32,33)34)36(35-21)22(37)15-39-20-12-8-17(9-13-20)16-4-2-1-3-5-16/h6-13,16,38H,1-5,14-15H2/t23-/m1/s1. The van der Waals surface area contributed by atoms with E-state index in [9.17, 15) is 40.6 Å². The highest BCUT2D eigenvalue weighted by molar-refractivity contribution is 9.10. The lowest BCUT2D eigenvalue weighted by Crippen LogP contribution is -2.69. The topological polar surface area (TPSA) is 62.1 Å². The summed E-state index contributed by atoms with van der Waals surface area (Å²) in [6.45, 7) is -1.06. The van der Waals surface area contributed by atoms with Crippen LogP contribution in [0.2, 0.25) is 0 Å². The largest absolute Gasteiger partial charge is 0.484 e. The van der Waals surface area contributed by atoms with Crippen LogP contribution in [0.5, 0.6) is 5.75 Å². The molecule has 0 spiro atoms. The van der Waals surface area contributed by atoms with Gasteiger partial charge in [0.2, 0.25) is 5.72 Å². The summed E-state index contributed by atoms with van der Waals surface area (Å²) in [6, 6.07) is 12.1. The highest BCUT2D eigenvalue weighted by atomic mass is 79.9. The first-order valence-corrected chi connectivity index (χ1v) is 12.9. The van der Waals surface area contributed by atoms with Crippen molar-refractivity contribution < 1.29 is 45.4 Å². The predicted octanol–water partition coefficient (Wildman–Crippen LogP) is 7.03. The number of rotatable bonds is 7. The van der Waals surface area contributed by atoms with Crippen molar-refractivity contribution in [3.05, 3.63) is 64.1 Å². The van der Waals surface area contributed by atoms with E-state index >= 15 is 0 Å². The molecule has 39 heavy (non-hydrogen) atoms. The van der Waals surface area contributed by atoms with E-state index < -0.39 is 53.4 Å². The summed E-state index contributed by atoms with van der Waals surface area (Å²) in [4.78, 5) is 12.9. The SMILES string of the molecule is O=C(COc1ccc(C2CCCCC2)cc1)N1N=C(c2ccc(Br)cc2)C[C@@]1(O)C(F)(F)C(F)(F)C(F)(F)F. The van der Waals surface area contributed by atoms with Gasteiger partial charge in [-0.25, -0.2) is 0 Å². The monoisotopic (exact) mass is 624 g/mol. The third kappa shape index (κ3) is 5.52. The Bertz CT molecular complexity index is 1210. The quantitative estimate of drug-likeness (QED) is 0.336. The van der Waals surface area contributed by atoms with Crippen LogP contribution in [-0.2, 0) is 4.79 Å². The minimum absolute atomic E-state index is 0.0252. The molecule has 212 valence electrons. The second-order valence-corrected chi connectivity index (χ2v) is 10.5. The lowest BCUT2D eigenvalue weighted by atomic mass is 9.84. The first-order chi connectivity index (χ1) is 18.2. The lowest BCUT2D eigenvalue weighted by Gasteiger charge is -2.41. The number of ether oxygens (including phenoxy) is 1. The summed E-state index contributed by atoms with van der Waals surface area (Å²) >= 11 is 3.15. The first-order valence-electron chi connectivity index (χ1n) is 12.1. The Balaban J connectivity index is 1.59. The normalized spacial score (nSPS) is 21.2. The third-order valence-corrected chi connectivity index (χ3v) is 7.50. The van der Waals surface area contributed by atoms with Crippen LogP contribution in [0, 0.1) is 0 Å². The van der Waals surface area contributed by atoms with Gasteiger partial charge >= 0.3 is 18.0 Å². The van der Waals surface area contributed by atoms with Crippen LogP contribution in [0.3, 0.4) is 0 Å². The van der Waals surface area contributed by atoms with Gasteiger partial charge in [0.15, 0.2) is 6.61 Å². The van der Waals surface area contributed by atoms with Crippen molar-refractivity contribution >= 4 is 27.5 Å². The molecule has 1 atom stereocenters. The Kier molecular flexibility index (Phi) is 8.06. The number of alkyl halides is 7. The molecule has 5 nitrogen and oxygen atoms in total. The number of hydrogen-bond acceptors (Lipinski definition) is 4. The molecule has 0 unspecified atom stereocenters. The van der Waals surface area contributed by atoms with Crippen molar-refractivity contribution in [2.75, 3.05) is 6.61 Å². The van der Waals surface area contributed by atoms with Crippen LogP contribution in [0.15, 0.2) is 58.1 Å². The van der Waals surface area contributed by atoms with Crippen molar-refractivity contribution in [2.45, 2.75) is 68.2 Å². The van der Waals surface area contributed by atoms with E-state index in [0.29, 0.717) is 10.4 Å². The molecule has 0 saturated heterocycles. The van der Waals surface area contributed by atoms with Crippen molar-refractivity contribution in [1.82, 2.24) is 5.01 Å². The van der Waals surface area contributed by atoms with E-state index in [-0.39, 0.29) is 11.3 Å². The lowest BCUT2D eigenvalue weighted by molar-refractivity contribution is -0.401. The number of amides is 1. The van der Waals surface area contributed by atoms with E-state index in [0.717, 1.165) is 31.2 Å². The third-order valence-electron chi connectivity index (χ3n) is 6.97. The number of aliphatic hydroxyl groups is 1. The molecule has 1 amide bonds. The molecule has 13 heteroatoms. The zero-order chi connectivity index (χ0) is 28.6. The number of hydrogen-bond donors (Lipinski definition) is 1. The van der Waals surface area contributed by atoms with Crippen LogP contribution >= 0.6 is 15.9 Å². The average molecular weight is 625 g/mol. The van der Waals surface area contributed by atoms with Crippen molar-refractivity contribution in [1.29, 1.82) is 0 Å². The van der Waals surface area contributed by atoms with E-state index in [1.165, 1.54) is 42.8 Å². The van der Waals surface area contributed by atoms with Gasteiger partial charge in [-0.2, -0.15) is 40.8 Å². The van der Waals surface area contributed by atoms with Crippen LogP contribution in [0.4, 0.5) is 30.7 Å². The van der Waals surface area contributed by atoms with E-state index in [4.69, 9.17) is 4.74 Å². The fraction of sp³-hybridized carbons (Fsp3) is 0.462. The van der Waals surface area contributed by atoms with Gasteiger partial charge in [-0.15, -0.1) is 0 Å². The van der Waals surface area contributed by atoms with Gasteiger partial charge in [0, 0.05) is 10.9 Å². The van der Waals surface area contributed by atoms with Gasteiger partial charge in [-0.3, -0.25) is 4.79 Å². The summed E-state index contributed by atoms with van der Waals surface area (Å²) in [6.07, 6.45) is -2.77. The highest BCUT2D eigenvalue weighted by Crippen LogP contribution is 2.54. The van der Waals surface area contributed by atoms with Crippen molar-refractivity contribution in [2.24, 2.45) is 5.10 Å². The number of carbonyl (C=O) groups excluding carboxylic acids is 1. The summed E-state index contributed by atoms with van der Waals surface area (Å²) in [5.41, 5.74) is -3.75. The maximum Gasteiger partial charge on any atom is 0.460 e. The van der Waals surface area contributed by atoms with Crippen LogP contribution in [-0.4, -0.2) is 52.1 Å². The molecule has 1 fully saturated rings. The van der Waals surface area contributed by atoms with E-state index in [2.05, 4.69) is 21.0 Å². The molecule has 0 radical (unpaired) electrons. The van der Waals surface area contributed by atoms with Crippen LogP contribution in [0.25, 0.3) is 0 Å². The molecular formula is C26H24BrF7N2O3. The molecule has 2 aliphatic rings. The Hall–Kier alpha value is -2.67. The maximum atomic E-state index is 14.9. The number of carbonyl (C=O) groups is 1. The van der Waals surface area contributed by atoms with E-state index in [1.807, 2.05) is 0 Å². The Labute approximate surface area is 227 Å². The fourth-order valence-electron chi connectivity index (χ4n) is 4.76. The molecule has 2 aromatic carbocycles. The molecule has 1 heterocycles. The number of hydrazone groups is 1. The van der Waals surface area contributed by atoms with Crippen LogP contribution < -0.4 is 4.74 Å². The van der Waals surface area contributed by atoms with Gasteiger partial charge in [0.25, 0.3) is 5.91 Å². The van der Waals surface area contributed by atoms with Gasteiger partial charge < -0.3 is 9.84 Å². The maximum absolute atomic E-state index is 14.9. The van der Waals surface area contributed by atoms with Crippen molar-refractivity contribution in [3.63, 3.8) is 0 Å². The fourth-order valence-corrected chi connectivity index (χ4v) is 5.03. The minimum Gasteiger partial charge on any atom is -0.484 e. The molecule has 0 aromatic heterocycles. The number of benzene rings is 2. The minimum atomic E-state index is -6.72. The van der Waals surface area contributed by atoms with Crippen LogP contribution in [0.1, 0.15) is 55.6 Å². The average Bonchev–Trinajstić information content (AvgIpc) is 3.27. The summed E-state index contributed by atoms with van der Waals surface area (Å²) in [7, 11) is 0. The molecule has 0 bridgehead atoms. The summed E-state index contributed by atoms with van der Waals surface area (Å²) in [5.74, 6) is -13.9.